The molecule has 14 heavy (non-hydrogen) atoms. The molecule has 0 unspecified atom stereocenters. The number of hydrogen-bond donors (Lipinski definition) is 0. The van der Waals surface area contributed by atoms with E-state index in [1.165, 1.54) is 0 Å². The van der Waals surface area contributed by atoms with Crippen molar-refractivity contribution in [2.45, 2.75) is 11.8 Å². The molecule has 1 aliphatic rings. The van der Waals surface area contributed by atoms with Crippen LogP contribution in [0.1, 0.15) is 12.0 Å². The molecule has 0 saturated carbocycles. The number of benzene rings is 1. The first kappa shape index (κ1) is 9.51. The molecule has 1 fully saturated rings. The first-order chi connectivity index (χ1) is 6.77. The standard InChI is InChI=1S/C11H10ClNO/c12-10-3-1-9(2-4-10)11(5-6-13)7-14-8-11/h1-4H,5,7-8H2. The molecule has 0 atom stereocenters. The third-order valence-corrected chi connectivity index (χ3v) is 2.88. The van der Waals surface area contributed by atoms with Gasteiger partial charge in [-0.25, -0.2) is 0 Å². The van der Waals surface area contributed by atoms with E-state index in [1.54, 1.807) is 0 Å². The Morgan fingerprint density at radius 1 is 1.36 bits per heavy atom. The van der Waals surface area contributed by atoms with Gasteiger partial charge in [0, 0.05) is 11.4 Å². The zero-order chi connectivity index (χ0) is 10.0. The summed E-state index contributed by atoms with van der Waals surface area (Å²) < 4.78 is 5.19. The smallest absolute Gasteiger partial charge is 0.0632 e. The molecule has 1 heterocycles. The third kappa shape index (κ3) is 1.50. The lowest BCUT2D eigenvalue weighted by Crippen LogP contribution is -2.46. The minimum absolute atomic E-state index is 0.0840. The Morgan fingerprint density at radius 2 is 2.00 bits per heavy atom. The van der Waals surface area contributed by atoms with Crippen LogP contribution < -0.4 is 0 Å². The Kier molecular flexibility index (Phi) is 2.45. The van der Waals surface area contributed by atoms with E-state index in [2.05, 4.69) is 6.07 Å². The number of nitriles is 1. The van der Waals surface area contributed by atoms with Crippen LogP contribution in [0.3, 0.4) is 0 Å². The summed E-state index contributed by atoms with van der Waals surface area (Å²) in [6.45, 7) is 1.28. The Balaban J connectivity index is 2.28. The van der Waals surface area contributed by atoms with Gasteiger partial charge in [-0.1, -0.05) is 23.7 Å². The predicted molar refractivity (Wildman–Crippen MR) is 54.2 cm³/mol. The molecule has 1 aliphatic heterocycles. The molecular weight excluding hydrogens is 198 g/mol. The SMILES string of the molecule is N#CCC1(c2ccc(Cl)cc2)COC1. The van der Waals surface area contributed by atoms with Crippen molar-refractivity contribution in [1.82, 2.24) is 0 Å². The molecular formula is C11H10ClNO. The summed E-state index contributed by atoms with van der Waals surface area (Å²) in [6, 6.07) is 9.87. The molecule has 0 radical (unpaired) electrons. The van der Waals surface area contributed by atoms with E-state index >= 15 is 0 Å². The van der Waals surface area contributed by atoms with Gasteiger partial charge >= 0.3 is 0 Å². The number of ether oxygens (including phenoxy) is 1. The molecule has 1 aromatic carbocycles. The van der Waals surface area contributed by atoms with Crippen LogP contribution in [0.25, 0.3) is 0 Å². The van der Waals surface area contributed by atoms with Crippen molar-refractivity contribution < 1.29 is 4.74 Å². The average Bonchev–Trinajstić information content (AvgIpc) is 2.13. The van der Waals surface area contributed by atoms with Crippen molar-refractivity contribution in [1.29, 1.82) is 5.26 Å². The van der Waals surface area contributed by atoms with Crippen molar-refractivity contribution in [3.05, 3.63) is 34.9 Å². The molecule has 0 amide bonds. The first-order valence-corrected chi connectivity index (χ1v) is 4.85. The lowest BCUT2D eigenvalue weighted by atomic mass is 9.76. The fourth-order valence-corrected chi connectivity index (χ4v) is 1.80. The van der Waals surface area contributed by atoms with Crippen molar-refractivity contribution in [2.75, 3.05) is 13.2 Å². The summed E-state index contributed by atoms with van der Waals surface area (Å²) in [7, 11) is 0. The van der Waals surface area contributed by atoms with Crippen LogP contribution in [0.15, 0.2) is 24.3 Å². The third-order valence-electron chi connectivity index (χ3n) is 2.63. The molecule has 2 rings (SSSR count). The molecule has 1 saturated heterocycles. The molecule has 0 spiro atoms. The summed E-state index contributed by atoms with van der Waals surface area (Å²) in [6.07, 6.45) is 0.509. The maximum Gasteiger partial charge on any atom is 0.0632 e. The van der Waals surface area contributed by atoms with E-state index in [0.717, 1.165) is 10.6 Å². The fraction of sp³-hybridized carbons (Fsp3) is 0.364. The van der Waals surface area contributed by atoms with Crippen LogP contribution in [0.5, 0.6) is 0 Å². The second kappa shape index (κ2) is 3.61. The number of hydrogen-bond acceptors (Lipinski definition) is 2. The number of halogens is 1. The average molecular weight is 208 g/mol. The van der Waals surface area contributed by atoms with Crippen molar-refractivity contribution >= 4 is 11.6 Å². The van der Waals surface area contributed by atoms with E-state index < -0.39 is 0 Å². The monoisotopic (exact) mass is 207 g/mol. The Morgan fingerprint density at radius 3 is 2.43 bits per heavy atom. The van der Waals surface area contributed by atoms with Gasteiger partial charge in [0.05, 0.1) is 24.7 Å². The molecule has 1 aromatic rings. The quantitative estimate of drug-likeness (QED) is 0.747. The molecule has 3 heteroatoms. The normalized spacial score (nSPS) is 18.3. The van der Waals surface area contributed by atoms with Crippen LogP contribution in [0.4, 0.5) is 0 Å². The first-order valence-electron chi connectivity index (χ1n) is 4.48. The van der Waals surface area contributed by atoms with Crippen molar-refractivity contribution in [3.8, 4) is 6.07 Å². The largest absolute Gasteiger partial charge is 0.379 e. The summed E-state index contributed by atoms with van der Waals surface area (Å²) >= 11 is 5.80. The van der Waals surface area contributed by atoms with Gasteiger partial charge in [0.25, 0.3) is 0 Å². The van der Waals surface area contributed by atoms with Gasteiger partial charge in [-0.05, 0) is 17.7 Å². The van der Waals surface area contributed by atoms with E-state index in [-0.39, 0.29) is 5.41 Å². The Hall–Kier alpha value is -1.04. The van der Waals surface area contributed by atoms with Gasteiger partial charge in [-0.3, -0.25) is 0 Å². The van der Waals surface area contributed by atoms with Gasteiger partial charge in [-0.2, -0.15) is 5.26 Å². The summed E-state index contributed by atoms with van der Waals surface area (Å²) in [5.41, 5.74) is 1.06. The maximum absolute atomic E-state index is 8.75. The lowest BCUT2D eigenvalue weighted by molar-refractivity contribution is -0.0577. The zero-order valence-corrected chi connectivity index (χ0v) is 8.42. The Bertz CT molecular complexity index is 362. The molecule has 0 N–H and O–H groups in total. The number of rotatable bonds is 2. The van der Waals surface area contributed by atoms with Crippen LogP contribution in [-0.2, 0) is 10.2 Å². The highest BCUT2D eigenvalue weighted by Crippen LogP contribution is 2.35. The van der Waals surface area contributed by atoms with Crippen LogP contribution in [0.2, 0.25) is 5.02 Å². The van der Waals surface area contributed by atoms with E-state index in [4.69, 9.17) is 21.6 Å². The van der Waals surface area contributed by atoms with Crippen LogP contribution in [-0.4, -0.2) is 13.2 Å². The van der Waals surface area contributed by atoms with Crippen molar-refractivity contribution in [3.63, 3.8) is 0 Å². The summed E-state index contributed by atoms with van der Waals surface area (Å²) in [4.78, 5) is 0. The minimum atomic E-state index is -0.0840. The second-order valence-electron chi connectivity index (χ2n) is 3.61. The second-order valence-corrected chi connectivity index (χ2v) is 4.05. The predicted octanol–water partition coefficient (Wildman–Crippen LogP) is 2.52. The number of nitrogens with zero attached hydrogens (tertiary/aromatic N) is 1. The highest BCUT2D eigenvalue weighted by molar-refractivity contribution is 6.30. The van der Waals surface area contributed by atoms with Crippen molar-refractivity contribution in [2.24, 2.45) is 0 Å². The molecule has 2 nitrogen and oxygen atoms in total. The zero-order valence-electron chi connectivity index (χ0n) is 7.66. The van der Waals surface area contributed by atoms with Crippen LogP contribution >= 0.6 is 11.6 Å². The summed E-state index contributed by atoms with van der Waals surface area (Å²) in [5.74, 6) is 0. The minimum Gasteiger partial charge on any atom is -0.379 e. The maximum atomic E-state index is 8.75. The van der Waals surface area contributed by atoms with Gasteiger partial charge in [0.1, 0.15) is 0 Å². The molecule has 0 aliphatic carbocycles. The van der Waals surface area contributed by atoms with Gasteiger partial charge in [0.15, 0.2) is 0 Å². The van der Waals surface area contributed by atoms with Gasteiger partial charge in [-0.15, -0.1) is 0 Å². The summed E-state index contributed by atoms with van der Waals surface area (Å²) in [5, 5.41) is 9.47. The molecule has 72 valence electrons. The van der Waals surface area contributed by atoms with E-state index in [9.17, 15) is 0 Å². The van der Waals surface area contributed by atoms with E-state index in [0.29, 0.717) is 19.6 Å². The van der Waals surface area contributed by atoms with Crippen LogP contribution in [0, 0.1) is 11.3 Å². The topological polar surface area (TPSA) is 33.0 Å². The fourth-order valence-electron chi connectivity index (χ4n) is 1.67. The van der Waals surface area contributed by atoms with Gasteiger partial charge in [0.2, 0.25) is 0 Å². The highest BCUT2D eigenvalue weighted by atomic mass is 35.5. The highest BCUT2D eigenvalue weighted by Gasteiger charge is 2.40. The lowest BCUT2D eigenvalue weighted by Gasteiger charge is -2.40. The molecule has 0 aromatic heterocycles. The molecule has 0 bridgehead atoms. The Labute approximate surface area is 88.1 Å². The van der Waals surface area contributed by atoms with E-state index in [1.807, 2.05) is 24.3 Å². The van der Waals surface area contributed by atoms with Gasteiger partial charge < -0.3 is 4.74 Å².